The summed E-state index contributed by atoms with van der Waals surface area (Å²) in [6, 6.07) is 5.85. The molecule has 1 aliphatic rings. The zero-order chi connectivity index (χ0) is 21.4. The Labute approximate surface area is 175 Å². The Morgan fingerprint density at radius 3 is 2.90 bits per heavy atom. The fourth-order valence-corrected chi connectivity index (χ4v) is 3.73. The van der Waals surface area contributed by atoms with Crippen molar-refractivity contribution in [3.8, 4) is 28.2 Å². The minimum atomic E-state index is -1.05. The van der Waals surface area contributed by atoms with Crippen molar-refractivity contribution in [3.05, 3.63) is 54.5 Å². The SMILES string of the molecule is Nc1ncc(-c2cnn([C@H]3CCCNC3)c2)cc1-c1nnnn1-c1cccc(F)c1F. The van der Waals surface area contributed by atoms with Gasteiger partial charge in [-0.05, 0) is 48.0 Å². The summed E-state index contributed by atoms with van der Waals surface area (Å²) in [5, 5.41) is 19.3. The molecule has 5 rings (SSSR count). The van der Waals surface area contributed by atoms with Gasteiger partial charge in [0.15, 0.2) is 17.5 Å². The molecular formula is C20H19F2N9. The molecule has 0 bridgehead atoms. The van der Waals surface area contributed by atoms with E-state index in [2.05, 4.69) is 30.9 Å². The summed E-state index contributed by atoms with van der Waals surface area (Å²) in [5.74, 6) is -1.73. The lowest BCUT2D eigenvalue weighted by Crippen LogP contribution is -2.31. The Hall–Kier alpha value is -3.73. The topological polar surface area (TPSA) is 112 Å². The first-order valence-corrected chi connectivity index (χ1v) is 9.85. The predicted octanol–water partition coefficient (Wildman–Crippen LogP) is 2.37. The molecule has 0 amide bonds. The van der Waals surface area contributed by atoms with Gasteiger partial charge in [-0.1, -0.05) is 6.07 Å². The fourth-order valence-electron chi connectivity index (χ4n) is 3.73. The van der Waals surface area contributed by atoms with Crippen molar-refractivity contribution in [2.45, 2.75) is 18.9 Å². The highest BCUT2D eigenvalue weighted by atomic mass is 19.2. The monoisotopic (exact) mass is 423 g/mol. The number of hydrogen-bond donors (Lipinski definition) is 2. The van der Waals surface area contributed by atoms with E-state index in [0.717, 1.165) is 47.8 Å². The standard InChI is InChI=1S/C20H19F2N9/c21-16-4-1-5-17(18(16)22)31-20(27-28-29-31)15-7-12(8-25-19(15)23)13-9-26-30(11-13)14-3-2-6-24-10-14/h1,4-5,7-9,11,14,24H,2-3,6,10H2,(H2,23,25)/t14-/m0/s1. The van der Waals surface area contributed by atoms with Crippen LogP contribution in [0.15, 0.2) is 42.9 Å². The van der Waals surface area contributed by atoms with Crippen molar-refractivity contribution < 1.29 is 8.78 Å². The number of nitrogens with two attached hydrogens (primary N) is 1. The third-order valence-electron chi connectivity index (χ3n) is 5.37. The third kappa shape index (κ3) is 3.52. The first kappa shape index (κ1) is 19.2. The van der Waals surface area contributed by atoms with Crippen molar-refractivity contribution >= 4 is 5.82 Å². The number of benzene rings is 1. The molecule has 158 valence electrons. The Kier molecular flexibility index (Phi) is 4.86. The number of nitrogens with one attached hydrogen (secondary N) is 1. The lowest BCUT2D eigenvalue weighted by molar-refractivity contribution is 0.347. The summed E-state index contributed by atoms with van der Waals surface area (Å²) >= 11 is 0. The minimum absolute atomic E-state index is 0.123. The van der Waals surface area contributed by atoms with Gasteiger partial charge in [-0.15, -0.1) is 5.10 Å². The van der Waals surface area contributed by atoms with Crippen LogP contribution in [-0.4, -0.2) is 48.1 Å². The summed E-state index contributed by atoms with van der Waals surface area (Å²) in [6.45, 7) is 1.90. The molecule has 1 atom stereocenters. The maximum absolute atomic E-state index is 14.3. The van der Waals surface area contributed by atoms with Crippen LogP contribution in [0.3, 0.4) is 0 Å². The van der Waals surface area contributed by atoms with Crippen LogP contribution >= 0.6 is 0 Å². The van der Waals surface area contributed by atoms with Crippen LogP contribution in [0.1, 0.15) is 18.9 Å². The van der Waals surface area contributed by atoms with Gasteiger partial charge in [0.05, 0.1) is 17.8 Å². The number of pyridine rings is 1. The first-order chi connectivity index (χ1) is 15.1. The van der Waals surface area contributed by atoms with Crippen molar-refractivity contribution in [1.29, 1.82) is 0 Å². The van der Waals surface area contributed by atoms with E-state index in [-0.39, 0.29) is 17.3 Å². The third-order valence-corrected chi connectivity index (χ3v) is 5.37. The van der Waals surface area contributed by atoms with Crippen LogP contribution in [0.5, 0.6) is 0 Å². The maximum atomic E-state index is 14.3. The number of aromatic nitrogens is 7. The second kappa shape index (κ2) is 7.84. The fraction of sp³-hybridized carbons (Fsp3) is 0.250. The summed E-state index contributed by atoms with van der Waals surface area (Å²) < 4.78 is 31.1. The van der Waals surface area contributed by atoms with Gasteiger partial charge in [-0.25, -0.2) is 13.8 Å². The molecule has 9 nitrogen and oxygen atoms in total. The van der Waals surface area contributed by atoms with E-state index in [1.54, 1.807) is 18.5 Å². The number of nitrogen functional groups attached to an aromatic ring is 1. The Morgan fingerprint density at radius 1 is 1.16 bits per heavy atom. The van der Waals surface area contributed by atoms with Crippen LogP contribution in [0.2, 0.25) is 0 Å². The summed E-state index contributed by atoms with van der Waals surface area (Å²) in [7, 11) is 0. The van der Waals surface area contributed by atoms with Gasteiger partial charge in [0.1, 0.15) is 11.5 Å². The maximum Gasteiger partial charge on any atom is 0.190 e. The molecule has 0 aliphatic carbocycles. The highest BCUT2D eigenvalue weighted by molar-refractivity contribution is 5.76. The van der Waals surface area contributed by atoms with E-state index in [1.807, 2.05) is 10.9 Å². The Morgan fingerprint density at radius 2 is 2.06 bits per heavy atom. The highest BCUT2D eigenvalue weighted by Crippen LogP contribution is 2.30. The van der Waals surface area contributed by atoms with Crippen LogP contribution in [0, 0.1) is 11.6 Å². The van der Waals surface area contributed by atoms with Gasteiger partial charge in [0, 0.05) is 30.1 Å². The molecule has 3 aromatic heterocycles. The molecule has 0 saturated carbocycles. The molecule has 0 unspecified atom stereocenters. The van der Waals surface area contributed by atoms with Gasteiger partial charge in [0.25, 0.3) is 0 Å². The summed E-state index contributed by atoms with van der Waals surface area (Å²) in [5.41, 5.74) is 7.97. The lowest BCUT2D eigenvalue weighted by atomic mass is 10.1. The number of anilines is 1. The van der Waals surface area contributed by atoms with Crippen LogP contribution in [-0.2, 0) is 0 Å². The van der Waals surface area contributed by atoms with Gasteiger partial charge >= 0.3 is 0 Å². The normalized spacial score (nSPS) is 16.5. The van der Waals surface area contributed by atoms with Crippen LogP contribution < -0.4 is 11.1 Å². The largest absolute Gasteiger partial charge is 0.383 e. The molecule has 1 saturated heterocycles. The molecule has 1 fully saturated rings. The second-order valence-electron chi connectivity index (χ2n) is 7.35. The number of rotatable bonds is 4. The van der Waals surface area contributed by atoms with Crippen LogP contribution in [0.4, 0.5) is 14.6 Å². The number of tetrazole rings is 1. The van der Waals surface area contributed by atoms with Gasteiger partial charge in [-0.3, -0.25) is 4.68 Å². The Bertz CT molecular complexity index is 1230. The minimum Gasteiger partial charge on any atom is -0.383 e. The van der Waals surface area contributed by atoms with E-state index >= 15 is 0 Å². The molecule has 3 N–H and O–H groups in total. The van der Waals surface area contributed by atoms with Crippen molar-refractivity contribution in [2.75, 3.05) is 18.8 Å². The van der Waals surface area contributed by atoms with E-state index in [1.165, 1.54) is 12.1 Å². The van der Waals surface area contributed by atoms with E-state index in [9.17, 15) is 8.78 Å². The lowest BCUT2D eigenvalue weighted by Gasteiger charge is -2.22. The molecule has 1 aliphatic heterocycles. The quantitative estimate of drug-likeness (QED) is 0.518. The van der Waals surface area contributed by atoms with Gasteiger partial charge in [-0.2, -0.15) is 9.78 Å². The zero-order valence-corrected chi connectivity index (χ0v) is 16.4. The van der Waals surface area contributed by atoms with Crippen molar-refractivity contribution in [1.82, 2.24) is 40.3 Å². The molecule has 4 aromatic rings. The molecule has 0 radical (unpaired) electrons. The average Bonchev–Trinajstić information content (AvgIpc) is 3.47. The molecule has 1 aromatic carbocycles. The highest BCUT2D eigenvalue weighted by Gasteiger charge is 2.20. The first-order valence-electron chi connectivity index (χ1n) is 9.85. The van der Waals surface area contributed by atoms with Crippen molar-refractivity contribution in [3.63, 3.8) is 0 Å². The number of hydrogen-bond acceptors (Lipinski definition) is 7. The smallest absolute Gasteiger partial charge is 0.190 e. The molecular weight excluding hydrogens is 404 g/mol. The number of piperidine rings is 1. The zero-order valence-electron chi connectivity index (χ0n) is 16.4. The molecule has 11 heteroatoms. The molecule has 0 spiro atoms. The van der Waals surface area contributed by atoms with Crippen molar-refractivity contribution in [2.24, 2.45) is 0 Å². The average molecular weight is 423 g/mol. The summed E-state index contributed by atoms with van der Waals surface area (Å²) in [6.07, 6.45) is 7.53. The van der Waals surface area contributed by atoms with Gasteiger partial charge in [0.2, 0.25) is 0 Å². The number of halogens is 2. The number of nitrogens with zero attached hydrogens (tertiary/aromatic N) is 7. The summed E-state index contributed by atoms with van der Waals surface area (Å²) in [4.78, 5) is 4.26. The predicted molar refractivity (Wildman–Crippen MR) is 109 cm³/mol. The van der Waals surface area contributed by atoms with E-state index in [4.69, 9.17) is 5.73 Å². The van der Waals surface area contributed by atoms with Crippen LogP contribution in [0.25, 0.3) is 28.2 Å². The molecule has 31 heavy (non-hydrogen) atoms. The van der Waals surface area contributed by atoms with E-state index < -0.39 is 11.6 Å². The molecule has 4 heterocycles. The Balaban J connectivity index is 1.53. The second-order valence-corrected chi connectivity index (χ2v) is 7.35. The van der Waals surface area contributed by atoms with E-state index in [0.29, 0.717) is 11.6 Å². The van der Waals surface area contributed by atoms with Gasteiger partial charge < -0.3 is 11.1 Å².